The summed E-state index contributed by atoms with van der Waals surface area (Å²) in [5, 5.41) is 8.62. The molecule has 0 amide bonds. The zero-order chi connectivity index (χ0) is 40.4. The number of aromatic nitrogens is 3. The third-order valence-corrected chi connectivity index (χ3v) is 11.1. The molecule has 56 heavy (non-hydrogen) atoms. The number of hydrogen-bond acceptors (Lipinski definition) is 11. The van der Waals surface area contributed by atoms with Crippen LogP contribution in [0.3, 0.4) is 0 Å². The Morgan fingerprint density at radius 1 is 1.09 bits per heavy atom. The highest BCUT2D eigenvalue weighted by atomic mass is 32.1. The van der Waals surface area contributed by atoms with Crippen LogP contribution < -0.4 is 25.8 Å². The van der Waals surface area contributed by atoms with Crippen molar-refractivity contribution >= 4 is 49.0 Å². The molecule has 5 aromatic rings. The average Bonchev–Trinajstić information content (AvgIpc) is 3.65. The van der Waals surface area contributed by atoms with Crippen molar-refractivity contribution in [3.8, 4) is 29.0 Å². The standard InChI is InChI=1S/C36H31F9N8O2S/c1-15(21-4-3-9-52(21)2)55-34-50-28-25-29(26(36(43,44)45)24(27(28)39)17-5-6-20(38)30-23(17)19(13-46)32(48)56-30)54-11-10-53(33(25)51-34)22(7-8-35(40,41)42)18-12-16(37)14-49-31(18)47/h5-6,12,14-15,21-22H,3-4,7-11,48H2,1-2H3,(H2,47,49)/t15?,21?,22-/m1/s1. The molecule has 4 N–H and O–H groups in total. The summed E-state index contributed by atoms with van der Waals surface area (Å²) in [5.74, 6) is -5.38. The molecule has 20 heteroatoms. The van der Waals surface area contributed by atoms with E-state index >= 15 is 22.0 Å². The minimum atomic E-state index is -5.41. The van der Waals surface area contributed by atoms with Gasteiger partial charge in [0.05, 0.1) is 34.4 Å². The molecule has 5 heterocycles. The predicted octanol–water partition coefficient (Wildman–Crippen LogP) is 8.52. The van der Waals surface area contributed by atoms with Crippen LogP contribution in [-0.4, -0.2) is 64.9 Å². The van der Waals surface area contributed by atoms with Crippen molar-refractivity contribution in [2.24, 2.45) is 0 Å². The van der Waals surface area contributed by atoms with E-state index in [-0.39, 0.29) is 38.1 Å². The number of ether oxygens (including phenoxy) is 2. The van der Waals surface area contributed by atoms with Crippen LogP contribution >= 0.6 is 11.3 Å². The number of halogens is 9. The van der Waals surface area contributed by atoms with Crippen molar-refractivity contribution in [2.45, 2.75) is 63.1 Å². The van der Waals surface area contributed by atoms with Gasteiger partial charge in [0.25, 0.3) is 0 Å². The Morgan fingerprint density at radius 3 is 2.50 bits per heavy atom. The largest absolute Gasteiger partial charge is 0.490 e. The van der Waals surface area contributed by atoms with Gasteiger partial charge in [0.2, 0.25) is 0 Å². The predicted molar refractivity (Wildman–Crippen MR) is 190 cm³/mol. The summed E-state index contributed by atoms with van der Waals surface area (Å²) in [4.78, 5) is 15.6. The van der Waals surface area contributed by atoms with Crippen LogP contribution in [0.2, 0.25) is 0 Å². The van der Waals surface area contributed by atoms with Crippen LogP contribution in [0.5, 0.6) is 11.8 Å². The van der Waals surface area contributed by atoms with Crippen LogP contribution in [0.1, 0.15) is 55.3 Å². The lowest BCUT2D eigenvalue weighted by Crippen LogP contribution is -2.38. The van der Waals surface area contributed by atoms with Crippen molar-refractivity contribution in [3.05, 3.63) is 58.5 Å². The van der Waals surface area contributed by atoms with Gasteiger partial charge in [-0.15, -0.1) is 11.3 Å². The monoisotopic (exact) mass is 810 g/mol. The number of alkyl halides is 6. The number of anilines is 3. The van der Waals surface area contributed by atoms with E-state index in [1.54, 1.807) is 13.0 Å². The third-order valence-electron chi connectivity index (χ3n) is 10.1. The highest BCUT2D eigenvalue weighted by Gasteiger charge is 2.45. The van der Waals surface area contributed by atoms with Gasteiger partial charge in [-0.2, -0.15) is 41.6 Å². The van der Waals surface area contributed by atoms with Crippen molar-refractivity contribution < 1.29 is 49.0 Å². The summed E-state index contributed by atoms with van der Waals surface area (Å²) >= 11 is 0.587. The number of nitrogens with zero attached hydrogens (tertiary/aromatic N) is 6. The maximum Gasteiger partial charge on any atom is 0.420 e. The first-order valence-corrected chi connectivity index (χ1v) is 18.0. The fraction of sp³-hybridized carbons (Fsp3) is 0.389. The number of benzene rings is 2. The average molecular weight is 811 g/mol. The number of likely N-dealkylation sites (N-methyl/N-ethyl adjacent to an activating group) is 1. The lowest BCUT2D eigenvalue weighted by molar-refractivity contribution is -0.138. The molecule has 296 valence electrons. The Hall–Kier alpha value is -5.29. The second-order valence-corrected chi connectivity index (χ2v) is 14.6. The molecule has 2 aliphatic rings. The van der Waals surface area contributed by atoms with Crippen molar-refractivity contribution in [3.63, 3.8) is 0 Å². The molecule has 3 aromatic heterocycles. The molecule has 1 fully saturated rings. The maximum absolute atomic E-state index is 17.5. The van der Waals surface area contributed by atoms with E-state index in [1.807, 2.05) is 11.9 Å². The summed E-state index contributed by atoms with van der Waals surface area (Å²) in [6, 6.07) is 2.04. The van der Waals surface area contributed by atoms with Crippen LogP contribution in [0.15, 0.2) is 24.4 Å². The van der Waals surface area contributed by atoms with E-state index < -0.39 is 113 Å². The quantitative estimate of drug-likeness (QED) is 0.147. The van der Waals surface area contributed by atoms with Crippen molar-refractivity contribution in [1.82, 2.24) is 19.9 Å². The lowest BCUT2D eigenvalue weighted by Gasteiger charge is -2.33. The lowest BCUT2D eigenvalue weighted by atomic mass is 9.91. The molecule has 0 aliphatic carbocycles. The Labute approximate surface area is 316 Å². The van der Waals surface area contributed by atoms with Gasteiger partial charge in [0, 0.05) is 29.0 Å². The number of pyridine rings is 1. The van der Waals surface area contributed by atoms with Gasteiger partial charge < -0.3 is 25.8 Å². The van der Waals surface area contributed by atoms with E-state index in [4.69, 9.17) is 20.9 Å². The molecule has 1 saturated heterocycles. The minimum absolute atomic E-state index is 0.185. The first kappa shape index (κ1) is 39.0. The normalized spacial score (nSPS) is 17.5. The third kappa shape index (κ3) is 6.91. The fourth-order valence-corrected chi connectivity index (χ4v) is 8.59. The SMILES string of the molecule is CC(Oc1nc2c3c(c(C(F)(F)F)c(-c4ccc(F)c5sc(N)c(C#N)c45)c(F)c3n1)OCCN2[C@H](CCC(F)(F)F)c1cc(F)cnc1N)C1CCCN1C. The molecule has 10 nitrogen and oxygen atoms in total. The van der Waals surface area contributed by atoms with E-state index in [0.29, 0.717) is 17.8 Å². The van der Waals surface area contributed by atoms with Gasteiger partial charge in [0.1, 0.15) is 63.9 Å². The van der Waals surface area contributed by atoms with Crippen molar-refractivity contribution in [2.75, 3.05) is 43.1 Å². The Morgan fingerprint density at radius 2 is 1.84 bits per heavy atom. The van der Waals surface area contributed by atoms with Crippen LogP contribution in [-0.2, 0) is 6.18 Å². The number of rotatable bonds is 8. The van der Waals surface area contributed by atoms with Crippen molar-refractivity contribution in [1.29, 1.82) is 5.26 Å². The number of thiophene rings is 1. The number of hydrogen-bond donors (Lipinski definition) is 2. The van der Waals surface area contributed by atoms with Gasteiger partial charge >= 0.3 is 18.4 Å². The number of likely N-dealkylation sites (tertiary alicyclic amines) is 1. The zero-order valence-electron chi connectivity index (χ0n) is 29.5. The van der Waals surface area contributed by atoms with Crippen LogP contribution in [0.4, 0.5) is 56.2 Å². The van der Waals surface area contributed by atoms with Gasteiger partial charge in [0.15, 0.2) is 5.82 Å². The molecular formula is C36H31F9N8O2S. The summed E-state index contributed by atoms with van der Waals surface area (Å²) < 4.78 is 147. The molecule has 2 aliphatic heterocycles. The first-order valence-electron chi connectivity index (χ1n) is 17.2. The topological polar surface area (TPSA) is 139 Å². The number of nitrogens with two attached hydrogens (primary N) is 2. The number of fused-ring (bicyclic) bond motifs is 1. The smallest absolute Gasteiger partial charge is 0.420 e. The van der Waals surface area contributed by atoms with Gasteiger partial charge in [-0.1, -0.05) is 6.07 Å². The minimum Gasteiger partial charge on any atom is -0.490 e. The Balaban J connectivity index is 1.57. The van der Waals surface area contributed by atoms with Gasteiger partial charge in [-0.25, -0.2) is 18.2 Å². The van der Waals surface area contributed by atoms with E-state index in [0.717, 1.165) is 42.3 Å². The molecule has 3 atom stereocenters. The highest BCUT2D eigenvalue weighted by molar-refractivity contribution is 7.23. The molecule has 0 radical (unpaired) electrons. The summed E-state index contributed by atoms with van der Waals surface area (Å²) in [7, 11) is 1.85. The summed E-state index contributed by atoms with van der Waals surface area (Å²) in [6.07, 6.45) is -10.8. The Kier molecular flexibility index (Phi) is 9.97. The van der Waals surface area contributed by atoms with E-state index in [9.17, 15) is 22.8 Å². The molecule has 0 saturated carbocycles. The molecule has 2 aromatic carbocycles. The van der Waals surface area contributed by atoms with Crippen LogP contribution in [0, 0.1) is 28.8 Å². The number of nitrogen functional groups attached to an aromatic ring is 2. The highest BCUT2D eigenvalue weighted by Crippen LogP contribution is 2.54. The molecule has 2 unspecified atom stereocenters. The molecular weight excluding hydrogens is 779 g/mol. The van der Waals surface area contributed by atoms with E-state index in [1.165, 1.54) is 0 Å². The molecule has 0 bridgehead atoms. The van der Waals surface area contributed by atoms with E-state index in [2.05, 4.69) is 15.0 Å². The second-order valence-electron chi connectivity index (χ2n) is 13.5. The molecule has 7 rings (SSSR count). The maximum atomic E-state index is 17.5. The van der Waals surface area contributed by atoms with Crippen LogP contribution in [0.25, 0.3) is 32.1 Å². The first-order chi connectivity index (χ1) is 26.4. The van der Waals surface area contributed by atoms with Gasteiger partial charge in [-0.3, -0.25) is 4.90 Å². The Bertz CT molecular complexity index is 2400. The summed E-state index contributed by atoms with van der Waals surface area (Å²) in [5.41, 5.74) is 7.22. The number of nitriles is 1. The van der Waals surface area contributed by atoms with Gasteiger partial charge in [-0.05, 0) is 57.5 Å². The summed E-state index contributed by atoms with van der Waals surface area (Å²) in [6.45, 7) is 1.30. The second kappa shape index (κ2) is 14.3. The fourth-order valence-electron chi connectivity index (χ4n) is 7.64. The zero-order valence-corrected chi connectivity index (χ0v) is 30.3. The molecule has 0 spiro atoms.